The van der Waals surface area contributed by atoms with E-state index in [0.717, 1.165) is 27.8 Å². The molecule has 3 aromatic rings. The van der Waals surface area contributed by atoms with Crippen LogP contribution in [-0.4, -0.2) is 14.2 Å². The van der Waals surface area contributed by atoms with Crippen molar-refractivity contribution in [2.45, 2.75) is 5.88 Å². The molecule has 0 heterocycles. The minimum Gasteiger partial charge on any atom is -0.493 e. The first-order valence-corrected chi connectivity index (χ1v) is 6.94. The van der Waals surface area contributed by atoms with Crippen molar-refractivity contribution in [1.82, 2.24) is 0 Å². The van der Waals surface area contributed by atoms with Gasteiger partial charge in [-0.15, -0.1) is 11.6 Å². The summed E-state index contributed by atoms with van der Waals surface area (Å²) in [4.78, 5) is 0. The topological polar surface area (TPSA) is 18.5 Å². The molecule has 0 radical (unpaired) electrons. The summed E-state index contributed by atoms with van der Waals surface area (Å²) in [6.07, 6.45) is 0. The zero-order chi connectivity index (χ0) is 14.1. The van der Waals surface area contributed by atoms with Crippen LogP contribution < -0.4 is 9.47 Å². The molecule has 0 saturated carbocycles. The molecule has 3 rings (SSSR count). The highest BCUT2D eigenvalue weighted by Crippen LogP contribution is 2.37. The van der Waals surface area contributed by atoms with Gasteiger partial charge in [0.25, 0.3) is 0 Å². The quantitative estimate of drug-likeness (QED) is 0.511. The Morgan fingerprint density at radius 2 is 1.50 bits per heavy atom. The number of benzene rings is 3. The Balaban J connectivity index is 2.46. The third-order valence-corrected chi connectivity index (χ3v) is 3.88. The second-order valence-electron chi connectivity index (χ2n) is 4.64. The highest BCUT2D eigenvalue weighted by Gasteiger charge is 2.10. The summed E-state index contributed by atoms with van der Waals surface area (Å²) < 4.78 is 10.8. The van der Waals surface area contributed by atoms with Crippen LogP contribution in [0.25, 0.3) is 21.5 Å². The first-order chi connectivity index (χ1) is 9.78. The van der Waals surface area contributed by atoms with Crippen molar-refractivity contribution in [3.8, 4) is 11.5 Å². The molecule has 0 saturated heterocycles. The van der Waals surface area contributed by atoms with Gasteiger partial charge in [0.15, 0.2) is 11.5 Å². The van der Waals surface area contributed by atoms with E-state index in [-0.39, 0.29) is 0 Å². The van der Waals surface area contributed by atoms with E-state index in [9.17, 15) is 0 Å². The minimum absolute atomic E-state index is 0.491. The lowest BCUT2D eigenvalue weighted by Crippen LogP contribution is -1.92. The number of hydrogen-bond donors (Lipinski definition) is 0. The molecular weight excluding hydrogens is 272 g/mol. The average Bonchev–Trinajstić information content (AvgIpc) is 2.52. The van der Waals surface area contributed by atoms with Crippen LogP contribution >= 0.6 is 11.6 Å². The molecule has 0 spiro atoms. The van der Waals surface area contributed by atoms with E-state index in [2.05, 4.69) is 18.2 Å². The molecular formula is C17H15ClO2. The maximum Gasteiger partial charge on any atom is 0.161 e. The standard InChI is InChI=1S/C17H15ClO2/c1-19-16-8-11-7-12(10-18)13-5-3-4-6-14(13)15(11)9-17(16)20-2/h3-9H,10H2,1-2H3. The zero-order valence-electron chi connectivity index (χ0n) is 11.4. The van der Waals surface area contributed by atoms with Crippen LogP contribution in [0.3, 0.4) is 0 Å². The van der Waals surface area contributed by atoms with E-state index in [1.807, 2.05) is 24.3 Å². The van der Waals surface area contributed by atoms with Gasteiger partial charge < -0.3 is 9.47 Å². The average molecular weight is 287 g/mol. The second kappa shape index (κ2) is 5.22. The second-order valence-corrected chi connectivity index (χ2v) is 4.91. The molecule has 0 N–H and O–H groups in total. The van der Waals surface area contributed by atoms with Crippen LogP contribution in [0, 0.1) is 0 Å². The Hall–Kier alpha value is -1.93. The molecule has 0 aliphatic carbocycles. The van der Waals surface area contributed by atoms with Gasteiger partial charge in [0.05, 0.1) is 14.2 Å². The lowest BCUT2D eigenvalue weighted by atomic mass is 9.97. The molecule has 0 atom stereocenters. The molecule has 0 unspecified atom stereocenters. The molecule has 3 aromatic carbocycles. The lowest BCUT2D eigenvalue weighted by Gasteiger charge is -2.13. The lowest BCUT2D eigenvalue weighted by molar-refractivity contribution is 0.356. The summed E-state index contributed by atoms with van der Waals surface area (Å²) in [5.74, 6) is 1.96. The Kier molecular flexibility index (Phi) is 3.41. The van der Waals surface area contributed by atoms with Gasteiger partial charge in [0.2, 0.25) is 0 Å². The van der Waals surface area contributed by atoms with Crippen LogP contribution in [0.2, 0.25) is 0 Å². The van der Waals surface area contributed by atoms with Crippen molar-refractivity contribution in [2.75, 3.05) is 14.2 Å². The van der Waals surface area contributed by atoms with Gasteiger partial charge in [-0.3, -0.25) is 0 Å². The largest absolute Gasteiger partial charge is 0.493 e. The van der Waals surface area contributed by atoms with E-state index >= 15 is 0 Å². The van der Waals surface area contributed by atoms with E-state index in [4.69, 9.17) is 21.1 Å². The molecule has 0 aliphatic heterocycles. The number of fused-ring (bicyclic) bond motifs is 3. The van der Waals surface area contributed by atoms with Gasteiger partial charge in [-0.25, -0.2) is 0 Å². The van der Waals surface area contributed by atoms with Crippen molar-refractivity contribution in [2.24, 2.45) is 0 Å². The number of halogens is 1. The third kappa shape index (κ3) is 1.97. The van der Waals surface area contributed by atoms with Gasteiger partial charge in [0.1, 0.15) is 0 Å². The molecule has 0 aliphatic rings. The van der Waals surface area contributed by atoms with Gasteiger partial charge >= 0.3 is 0 Å². The van der Waals surface area contributed by atoms with Crippen molar-refractivity contribution >= 4 is 33.1 Å². The normalized spacial score (nSPS) is 10.9. The molecule has 20 heavy (non-hydrogen) atoms. The minimum atomic E-state index is 0.491. The van der Waals surface area contributed by atoms with Gasteiger partial charge in [-0.05, 0) is 45.3 Å². The predicted octanol–water partition coefficient (Wildman–Crippen LogP) is 4.75. The predicted molar refractivity (Wildman–Crippen MR) is 84.1 cm³/mol. The van der Waals surface area contributed by atoms with Crippen LogP contribution in [-0.2, 0) is 5.88 Å². The summed E-state index contributed by atoms with van der Waals surface area (Å²) in [5, 5.41) is 4.62. The Morgan fingerprint density at radius 3 is 2.15 bits per heavy atom. The van der Waals surface area contributed by atoms with Gasteiger partial charge in [-0.2, -0.15) is 0 Å². The first-order valence-electron chi connectivity index (χ1n) is 6.40. The fourth-order valence-electron chi connectivity index (χ4n) is 2.62. The molecule has 0 fully saturated rings. The Bertz CT molecular complexity index is 781. The summed E-state index contributed by atoms with van der Waals surface area (Å²) in [6.45, 7) is 0. The van der Waals surface area contributed by atoms with E-state index < -0.39 is 0 Å². The van der Waals surface area contributed by atoms with Crippen molar-refractivity contribution in [3.05, 3.63) is 48.0 Å². The molecule has 0 amide bonds. The zero-order valence-corrected chi connectivity index (χ0v) is 12.2. The van der Waals surface area contributed by atoms with Crippen molar-refractivity contribution < 1.29 is 9.47 Å². The Morgan fingerprint density at radius 1 is 0.850 bits per heavy atom. The maximum absolute atomic E-state index is 6.08. The highest BCUT2D eigenvalue weighted by atomic mass is 35.5. The van der Waals surface area contributed by atoms with Crippen molar-refractivity contribution in [1.29, 1.82) is 0 Å². The summed E-state index contributed by atoms with van der Waals surface area (Å²) in [6, 6.07) is 14.4. The smallest absolute Gasteiger partial charge is 0.161 e. The maximum atomic E-state index is 6.08. The van der Waals surface area contributed by atoms with E-state index in [1.165, 1.54) is 10.8 Å². The molecule has 0 bridgehead atoms. The number of alkyl halides is 1. The van der Waals surface area contributed by atoms with E-state index in [1.54, 1.807) is 14.2 Å². The van der Waals surface area contributed by atoms with Gasteiger partial charge in [-0.1, -0.05) is 24.3 Å². The molecule has 2 nitrogen and oxygen atoms in total. The molecule has 0 aromatic heterocycles. The number of hydrogen-bond acceptors (Lipinski definition) is 2. The van der Waals surface area contributed by atoms with Crippen molar-refractivity contribution in [3.63, 3.8) is 0 Å². The number of ether oxygens (including phenoxy) is 2. The molecule has 3 heteroatoms. The number of rotatable bonds is 3. The monoisotopic (exact) mass is 286 g/mol. The summed E-state index contributed by atoms with van der Waals surface area (Å²) in [5.41, 5.74) is 1.13. The van der Waals surface area contributed by atoms with Crippen LogP contribution in [0.15, 0.2) is 42.5 Å². The fourth-order valence-corrected chi connectivity index (χ4v) is 2.84. The van der Waals surface area contributed by atoms with Crippen LogP contribution in [0.4, 0.5) is 0 Å². The summed E-state index contributed by atoms with van der Waals surface area (Å²) >= 11 is 6.08. The third-order valence-electron chi connectivity index (χ3n) is 3.59. The van der Waals surface area contributed by atoms with Gasteiger partial charge in [0, 0.05) is 5.88 Å². The first kappa shape index (κ1) is 13.1. The molecule has 102 valence electrons. The number of methoxy groups -OCH3 is 2. The van der Waals surface area contributed by atoms with E-state index in [0.29, 0.717) is 5.88 Å². The fraction of sp³-hybridized carbons (Fsp3) is 0.176. The van der Waals surface area contributed by atoms with Crippen LogP contribution in [0.1, 0.15) is 5.56 Å². The SMILES string of the molecule is COc1cc2cc(CCl)c3ccccc3c2cc1OC. The summed E-state index contributed by atoms with van der Waals surface area (Å²) in [7, 11) is 3.30. The van der Waals surface area contributed by atoms with Crippen LogP contribution in [0.5, 0.6) is 11.5 Å². The highest BCUT2D eigenvalue weighted by molar-refractivity contribution is 6.19. The Labute approximate surface area is 122 Å².